The van der Waals surface area contributed by atoms with E-state index < -0.39 is 0 Å². The van der Waals surface area contributed by atoms with Gasteiger partial charge in [0.15, 0.2) is 0 Å². The number of nitrogens with one attached hydrogen (secondary N) is 2. The predicted molar refractivity (Wildman–Crippen MR) is 49.1 cm³/mol. The van der Waals surface area contributed by atoms with Crippen LogP contribution in [-0.4, -0.2) is 10.9 Å². The lowest BCUT2D eigenvalue weighted by atomic mass is 10.4. The number of hydrogen-bond donors (Lipinski definition) is 2. The third-order valence-corrected chi connectivity index (χ3v) is 1.80. The van der Waals surface area contributed by atoms with Crippen LogP contribution in [0.1, 0.15) is 6.92 Å². The first-order valence-corrected chi connectivity index (χ1v) is 4.05. The van der Waals surface area contributed by atoms with Crippen molar-refractivity contribution >= 4 is 27.7 Å². The molecule has 1 aromatic rings. The SMILES string of the molecule is CC(=O)Nc1ccc(Br)c(=O)[nH]1. The average Bonchev–Trinajstić information content (AvgIpc) is 1.96. The second kappa shape index (κ2) is 3.53. The quantitative estimate of drug-likeness (QED) is 0.759. The Hall–Kier alpha value is -1.10. The van der Waals surface area contributed by atoms with Crippen LogP contribution in [-0.2, 0) is 4.79 Å². The molecule has 0 aromatic carbocycles. The maximum absolute atomic E-state index is 11.0. The molecule has 0 saturated carbocycles. The maximum atomic E-state index is 11.0. The summed E-state index contributed by atoms with van der Waals surface area (Å²) >= 11 is 3.04. The number of aromatic nitrogens is 1. The molecular weight excluding hydrogens is 224 g/mol. The van der Waals surface area contributed by atoms with Gasteiger partial charge in [0.05, 0.1) is 4.47 Å². The Bertz CT molecular complexity index is 359. The summed E-state index contributed by atoms with van der Waals surface area (Å²) in [6.07, 6.45) is 0. The van der Waals surface area contributed by atoms with Gasteiger partial charge in [0.25, 0.3) is 5.56 Å². The van der Waals surface area contributed by atoms with Crippen molar-refractivity contribution in [3.05, 3.63) is 27.0 Å². The summed E-state index contributed by atoms with van der Waals surface area (Å²) in [4.78, 5) is 24.0. The molecule has 0 saturated heterocycles. The molecule has 4 nitrogen and oxygen atoms in total. The summed E-state index contributed by atoms with van der Waals surface area (Å²) in [6.45, 7) is 1.38. The summed E-state index contributed by atoms with van der Waals surface area (Å²) in [5.74, 6) is 0.184. The van der Waals surface area contributed by atoms with Crippen LogP contribution in [0, 0.1) is 0 Å². The molecule has 12 heavy (non-hydrogen) atoms. The fourth-order valence-corrected chi connectivity index (χ4v) is 0.950. The molecule has 1 heterocycles. The average molecular weight is 231 g/mol. The molecule has 0 bridgehead atoms. The van der Waals surface area contributed by atoms with Crippen LogP contribution in [0.2, 0.25) is 0 Å². The van der Waals surface area contributed by atoms with Crippen molar-refractivity contribution in [3.63, 3.8) is 0 Å². The van der Waals surface area contributed by atoms with Gasteiger partial charge in [-0.3, -0.25) is 9.59 Å². The Morgan fingerprint density at radius 1 is 1.58 bits per heavy atom. The number of carbonyl (C=O) groups is 1. The maximum Gasteiger partial charge on any atom is 0.263 e. The third kappa shape index (κ3) is 2.20. The fraction of sp³-hybridized carbons (Fsp3) is 0.143. The number of aromatic amines is 1. The molecule has 1 aromatic heterocycles. The van der Waals surface area contributed by atoms with Gasteiger partial charge in [-0.15, -0.1) is 0 Å². The number of rotatable bonds is 1. The van der Waals surface area contributed by atoms with Crippen molar-refractivity contribution in [2.45, 2.75) is 6.92 Å². The molecule has 0 aliphatic rings. The van der Waals surface area contributed by atoms with E-state index in [4.69, 9.17) is 0 Å². The summed E-state index contributed by atoms with van der Waals surface area (Å²) in [7, 11) is 0. The second-order valence-electron chi connectivity index (χ2n) is 2.23. The van der Waals surface area contributed by atoms with E-state index in [0.29, 0.717) is 10.3 Å². The minimum absolute atomic E-state index is 0.215. The predicted octanol–water partition coefficient (Wildman–Crippen LogP) is 1.10. The van der Waals surface area contributed by atoms with Crippen LogP contribution in [0.3, 0.4) is 0 Å². The Kier molecular flexibility index (Phi) is 2.65. The van der Waals surface area contributed by atoms with Crippen LogP contribution in [0.5, 0.6) is 0 Å². The van der Waals surface area contributed by atoms with Crippen molar-refractivity contribution in [1.82, 2.24) is 4.98 Å². The number of halogens is 1. The first kappa shape index (κ1) is 8.99. The van der Waals surface area contributed by atoms with Gasteiger partial charge in [0.1, 0.15) is 5.82 Å². The minimum atomic E-state index is -0.263. The van der Waals surface area contributed by atoms with E-state index in [2.05, 4.69) is 26.2 Å². The van der Waals surface area contributed by atoms with Gasteiger partial charge in [0.2, 0.25) is 5.91 Å². The highest BCUT2D eigenvalue weighted by atomic mass is 79.9. The van der Waals surface area contributed by atoms with E-state index >= 15 is 0 Å². The molecule has 0 atom stereocenters. The third-order valence-electron chi connectivity index (χ3n) is 1.17. The van der Waals surface area contributed by atoms with Crippen molar-refractivity contribution in [1.29, 1.82) is 0 Å². The Morgan fingerprint density at radius 2 is 2.25 bits per heavy atom. The molecule has 1 rings (SSSR count). The van der Waals surface area contributed by atoms with Crippen LogP contribution in [0.25, 0.3) is 0 Å². The van der Waals surface area contributed by atoms with Crippen LogP contribution < -0.4 is 10.9 Å². The molecule has 5 heteroatoms. The van der Waals surface area contributed by atoms with E-state index in [1.807, 2.05) is 0 Å². The lowest BCUT2D eigenvalue weighted by Crippen LogP contribution is -2.13. The van der Waals surface area contributed by atoms with Gasteiger partial charge >= 0.3 is 0 Å². The Morgan fingerprint density at radius 3 is 2.75 bits per heavy atom. The topological polar surface area (TPSA) is 62.0 Å². The first-order valence-electron chi connectivity index (χ1n) is 3.26. The zero-order valence-corrected chi connectivity index (χ0v) is 7.94. The zero-order valence-electron chi connectivity index (χ0n) is 6.35. The number of amides is 1. The number of H-pyrrole nitrogens is 1. The molecule has 0 fully saturated rings. The molecule has 0 aliphatic heterocycles. The summed E-state index contributed by atoms with van der Waals surface area (Å²) in [5, 5.41) is 2.46. The fourth-order valence-electron chi connectivity index (χ4n) is 0.718. The van der Waals surface area contributed by atoms with Gasteiger partial charge in [0, 0.05) is 6.92 Å². The van der Waals surface area contributed by atoms with Gasteiger partial charge in [-0.1, -0.05) is 0 Å². The van der Waals surface area contributed by atoms with Crippen LogP contribution in [0.4, 0.5) is 5.82 Å². The molecule has 0 radical (unpaired) electrons. The number of pyridine rings is 1. The van der Waals surface area contributed by atoms with Crippen LogP contribution >= 0.6 is 15.9 Å². The molecule has 64 valence electrons. The smallest absolute Gasteiger partial charge is 0.263 e. The van der Waals surface area contributed by atoms with E-state index in [9.17, 15) is 9.59 Å². The van der Waals surface area contributed by atoms with Crippen LogP contribution in [0.15, 0.2) is 21.4 Å². The summed E-state index contributed by atoms with van der Waals surface area (Å²) in [5.41, 5.74) is -0.263. The molecule has 1 amide bonds. The van der Waals surface area contributed by atoms with Gasteiger partial charge in [-0.25, -0.2) is 0 Å². The lowest BCUT2D eigenvalue weighted by molar-refractivity contribution is -0.114. The molecule has 0 unspecified atom stereocenters. The van der Waals surface area contributed by atoms with E-state index in [1.165, 1.54) is 6.92 Å². The van der Waals surface area contributed by atoms with Gasteiger partial charge < -0.3 is 10.3 Å². The Balaban J connectivity index is 2.97. The molecule has 0 spiro atoms. The lowest BCUT2D eigenvalue weighted by Gasteiger charge is -1.99. The van der Waals surface area contributed by atoms with Gasteiger partial charge in [-0.2, -0.15) is 0 Å². The van der Waals surface area contributed by atoms with Crippen molar-refractivity contribution in [2.24, 2.45) is 0 Å². The van der Waals surface area contributed by atoms with E-state index in [0.717, 1.165) is 0 Å². The molecule has 0 aliphatic carbocycles. The number of hydrogen-bond acceptors (Lipinski definition) is 2. The first-order chi connectivity index (χ1) is 5.59. The summed E-state index contributed by atoms with van der Waals surface area (Å²) < 4.78 is 0.441. The minimum Gasteiger partial charge on any atom is -0.312 e. The highest BCUT2D eigenvalue weighted by Crippen LogP contribution is 2.05. The number of carbonyl (C=O) groups excluding carboxylic acids is 1. The second-order valence-corrected chi connectivity index (χ2v) is 3.08. The molecular formula is C7H7BrN2O2. The standard InChI is InChI=1S/C7H7BrN2O2/c1-4(11)9-6-3-2-5(8)7(12)10-6/h2-3H,1H3,(H2,9,10,11,12). The highest BCUT2D eigenvalue weighted by Gasteiger charge is 1.97. The van der Waals surface area contributed by atoms with E-state index in [-0.39, 0.29) is 11.5 Å². The van der Waals surface area contributed by atoms with Crippen molar-refractivity contribution in [2.75, 3.05) is 5.32 Å². The normalized spacial score (nSPS) is 9.50. The summed E-state index contributed by atoms with van der Waals surface area (Å²) in [6, 6.07) is 3.18. The zero-order chi connectivity index (χ0) is 9.14. The Labute approximate surface area is 77.1 Å². The largest absolute Gasteiger partial charge is 0.312 e. The number of anilines is 1. The van der Waals surface area contributed by atoms with Crippen molar-refractivity contribution < 1.29 is 4.79 Å². The van der Waals surface area contributed by atoms with Crippen molar-refractivity contribution in [3.8, 4) is 0 Å². The van der Waals surface area contributed by atoms with Gasteiger partial charge in [-0.05, 0) is 28.1 Å². The molecule has 2 N–H and O–H groups in total. The highest BCUT2D eigenvalue weighted by molar-refractivity contribution is 9.10. The monoisotopic (exact) mass is 230 g/mol. The van der Waals surface area contributed by atoms with E-state index in [1.54, 1.807) is 12.1 Å².